The summed E-state index contributed by atoms with van der Waals surface area (Å²) in [6.45, 7) is 0. The van der Waals surface area contributed by atoms with Crippen LogP contribution in [0.25, 0.3) is 0 Å². The highest BCUT2D eigenvalue weighted by atomic mass is 19.4. The maximum atomic E-state index is 13.2. The Balaban J connectivity index is 1.97. The number of halogens is 4. The summed E-state index contributed by atoms with van der Waals surface area (Å²) in [5.74, 6) is -1.82. The van der Waals surface area contributed by atoms with E-state index in [0.717, 1.165) is 24.3 Å². The van der Waals surface area contributed by atoms with Gasteiger partial charge in [-0.05, 0) is 48.5 Å². The van der Waals surface area contributed by atoms with Gasteiger partial charge in [0.1, 0.15) is 11.6 Å². The number of benzene rings is 2. The number of alkyl halides is 3. The van der Waals surface area contributed by atoms with Crippen molar-refractivity contribution in [1.82, 2.24) is 0 Å². The summed E-state index contributed by atoms with van der Waals surface area (Å²) >= 11 is 0. The first-order valence-electron chi connectivity index (χ1n) is 7.77. The second kappa shape index (κ2) is 7.14. The molecular weight excluding hydrogens is 366 g/mol. The van der Waals surface area contributed by atoms with Gasteiger partial charge >= 0.3 is 12.1 Å². The van der Waals surface area contributed by atoms with E-state index in [1.54, 1.807) is 0 Å². The lowest BCUT2D eigenvalue weighted by atomic mass is 10.1. The fraction of sp³-hybridized carbons (Fsp3) is 0.105. The van der Waals surface area contributed by atoms with Gasteiger partial charge in [0.2, 0.25) is 5.88 Å². The van der Waals surface area contributed by atoms with Crippen LogP contribution in [0.5, 0.6) is 5.75 Å². The van der Waals surface area contributed by atoms with E-state index in [4.69, 9.17) is 4.74 Å². The van der Waals surface area contributed by atoms with E-state index in [-0.39, 0.29) is 11.6 Å². The Kier molecular flexibility index (Phi) is 4.89. The van der Waals surface area contributed by atoms with Gasteiger partial charge in [-0.2, -0.15) is 13.2 Å². The van der Waals surface area contributed by atoms with Gasteiger partial charge in [0.25, 0.3) is 0 Å². The molecule has 1 heterocycles. The minimum atomic E-state index is -4.54. The Morgan fingerprint density at radius 3 is 2.44 bits per heavy atom. The molecule has 1 aliphatic heterocycles. The van der Waals surface area contributed by atoms with Crippen molar-refractivity contribution < 1.29 is 32.2 Å². The molecule has 0 bridgehead atoms. The average molecular weight is 379 g/mol. The summed E-state index contributed by atoms with van der Waals surface area (Å²) in [4.78, 5) is 12.8. The molecule has 0 saturated heterocycles. The Bertz CT molecular complexity index is 904. The number of aliphatic carboxylic acids is 1. The molecule has 0 aliphatic carbocycles. The lowest BCUT2D eigenvalue weighted by Gasteiger charge is -2.32. The van der Waals surface area contributed by atoms with Crippen LogP contribution in [0, 0.1) is 5.82 Å². The van der Waals surface area contributed by atoms with Gasteiger partial charge in [-0.3, -0.25) is 4.90 Å². The fourth-order valence-corrected chi connectivity index (χ4v) is 2.57. The molecular formula is C19H13F4NO3. The molecule has 0 fully saturated rings. The molecule has 0 spiro atoms. The summed E-state index contributed by atoms with van der Waals surface area (Å²) in [6.07, 6.45) is -0.310. The zero-order valence-electron chi connectivity index (χ0n) is 13.7. The van der Waals surface area contributed by atoms with Crippen molar-refractivity contribution in [3.8, 4) is 5.75 Å². The van der Waals surface area contributed by atoms with Crippen LogP contribution in [0.2, 0.25) is 0 Å². The molecule has 0 amide bonds. The minimum Gasteiger partial charge on any atom is -0.479 e. The van der Waals surface area contributed by atoms with Gasteiger partial charge in [-0.25, -0.2) is 9.18 Å². The molecule has 2 aromatic carbocycles. The third-order valence-corrected chi connectivity index (χ3v) is 3.79. The number of nitrogens with zero attached hydrogens (tertiary/aromatic N) is 1. The predicted octanol–water partition coefficient (Wildman–Crippen LogP) is 4.59. The van der Waals surface area contributed by atoms with Crippen LogP contribution in [0.4, 0.5) is 23.2 Å². The molecule has 8 heteroatoms. The first-order chi connectivity index (χ1) is 12.8. The molecule has 1 atom stereocenters. The average Bonchev–Trinajstić information content (AvgIpc) is 2.62. The van der Waals surface area contributed by atoms with Crippen LogP contribution in [-0.4, -0.2) is 17.1 Å². The van der Waals surface area contributed by atoms with Crippen LogP contribution in [-0.2, 0) is 11.0 Å². The molecule has 0 radical (unpaired) electrons. The number of rotatable bonds is 4. The Morgan fingerprint density at radius 1 is 1.11 bits per heavy atom. The van der Waals surface area contributed by atoms with Gasteiger partial charge in [-0.1, -0.05) is 18.2 Å². The van der Waals surface area contributed by atoms with Gasteiger partial charge < -0.3 is 9.84 Å². The standard InChI is InChI=1S/C19H13F4NO3/c20-13-7-9-14(10-8-13)24-16(18(25)26)5-2-6-17(24)27-15-4-1-3-12(11-15)19(21,22)23/h1-11,16H,(H,25,26). The van der Waals surface area contributed by atoms with Gasteiger partial charge in [0.05, 0.1) is 5.56 Å². The summed E-state index contributed by atoms with van der Waals surface area (Å²) < 4.78 is 57.4. The monoisotopic (exact) mass is 379 g/mol. The van der Waals surface area contributed by atoms with Crippen LogP contribution >= 0.6 is 0 Å². The molecule has 1 N–H and O–H groups in total. The van der Waals surface area contributed by atoms with E-state index < -0.39 is 29.6 Å². The molecule has 27 heavy (non-hydrogen) atoms. The summed E-state index contributed by atoms with van der Waals surface area (Å²) in [7, 11) is 0. The topological polar surface area (TPSA) is 49.8 Å². The lowest BCUT2D eigenvalue weighted by molar-refractivity contribution is -0.138. The van der Waals surface area contributed by atoms with Crippen molar-refractivity contribution in [3.05, 3.63) is 84.0 Å². The van der Waals surface area contributed by atoms with Crippen molar-refractivity contribution in [2.45, 2.75) is 12.2 Å². The SMILES string of the molecule is O=C(O)C1C=CC=C(Oc2cccc(C(F)(F)F)c2)N1c1ccc(F)cc1. The predicted molar refractivity (Wildman–Crippen MR) is 89.6 cm³/mol. The molecule has 2 aromatic rings. The zero-order chi connectivity index (χ0) is 19.6. The number of hydrogen-bond acceptors (Lipinski definition) is 3. The number of carbonyl (C=O) groups is 1. The molecule has 4 nitrogen and oxygen atoms in total. The second-order valence-corrected chi connectivity index (χ2v) is 5.65. The highest BCUT2D eigenvalue weighted by Crippen LogP contribution is 2.33. The maximum Gasteiger partial charge on any atom is 0.416 e. The summed E-state index contributed by atoms with van der Waals surface area (Å²) in [6, 6.07) is 8.07. The summed E-state index contributed by atoms with van der Waals surface area (Å²) in [5, 5.41) is 9.46. The second-order valence-electron chi connectivity index (χ2n) is 5.65. The van der Waals surface area contributed by atoms with Crippen LogP contribution < -0.4 is 9.64 Å². The van der Waals surface area contributed by atoms with E-state index in [9.17, 15) is 27.5 Å². The van der Waals surface area contributed by atoms with Crippen LogP contribution in [0.1, 0.15) is 5.56 Å². The van der Waals surface area contributed by atoms with E-state index in [0.29, 0.717) is 5.69 Å². The zero-order valence-corrected chi connectivity index (χ0v) is 13.7. The molecule has 140 valence electrons. The molecule has 3 rings (SSSR count). The van der Waals surface area contributed by atoms with E-state index in [1.807, 2.05) is 0 Å². The normalized spacial score (nSPS) is 16.8. The molecule has 1 aliphatic rings. The smallest absolute Gasteiger partial charge is 0.416 e. The van der Waals surface area contributed by atoms with E-state index in [1.165, 1.54) is 47.4 Å². The Hall–Kier alpha value is -3.29. The maximum absolute atomic E-state index is 13.2. The first-order valence-corrected chi connectivity index (χ1v) is 7.77. The van der Waals surface area contributed by atoms with Crippen molar-refractivity contribution in [2.75, 3.05) is 4.90 Å². The van der Waals surface area contributed by atoms with Crippen molar-refractivity contribution in [1.29, 1.82) is 0 Å². The van der Waals surface area contributed by atoms with Crippen LogP contribution in [0.15, 0.2) is 72.6 Å². The minimum absolute atomic E-state index is 0.00386. The highest BCUT2D eigenvalue weighted by Gasteiger charge is 2.32. The number of anilines is 1. The van der Waals surface area contributed by atoms with Gasteiger partial charge in [0, 0.05) is 5.69 Å². The van der Waals surface area contributed by atoms with E-state index in [2.05, 4.69) is 0 Å². The molecule has 1 unspecified atom stereocenters. The van der Waals surface area contributed by atoms with Gasteiger partial charge in [-0.15, -0.1) is 0 Å². The Morgan fingerprint density at radius 2 is 1.81 bits per heavy atom. The lowest BCUT2D eigenvalue weighted by Crippen LogP contribution is -2.42. The van der Waals surface area contributed by atoms with Crippen molar-refractivity contribution in [3.63, 3.8) is 0 Å². The molecule has 0 saturated carbocycles. The number of carboxylic acids is 1. The van der Waals surface area contributed by atoms with Crippen molar-refractivity contribution >= 4 is 11.7 Å². The fourth-order valence-electron chi connectivity index (χ4n) is 2.57. The van der Waals surface area contributed by atoms with Crippen molar-refractivity contribution in [2.24, 2.45) is 0 Å². The van der Waals surface area contributed by atoms with E-state index >= 15 is 0 Å². The number of ether oxygens (including phenoxy) is 1. The quantitative estimate of drug-likeness (QED) is 0.790. The number of hydrogen-bond donors (Lipinski definition) is 1. The first kappa shape index (κ1) is 18.5. The van der Waals surface area contributed by atoms with Crippen LogP contribution in [0.3, 0.4) is 0 Å². The number of carboxylic acid groups (broad SMARTS) is 1. The van der Waals surface area contributed by atoms with Gasteiger partial charge in [0.15, 0.2) is 6.04 Å². The third-order valence-electron chi connectivity index (χ3n) is 3.79. The largest absolute Gasteiger partial charge is 0.479 e. The Labute approximate surface area is 151 Å². The highest BCUT2D eigenvalue weighted by molar-refractivity contribution is 5.82. The summed E-state index contributed by atoms with van der Waals surface area (Å²) in [5.41, 5.74) is -0.582. The third kappa shape index (κ3) is 4.11. The number of allylic oxidation sites excluding steroid dienone is 2. The molecule has 0 aromatic heterocycles.